The minimum Gasteiger partial charge on any atom is -0.463 e. The van der Waals surface area contributed by atoms with Crippen molar-refractivity contribution in [3.05, 3.63) is 122 Å². The fourth-order valence-electron chi connectivity index (χ4n) is 5.05. The van der Waals surface area contributed by atoms with Crippen LogP contribution in [0, 0.1) is 0 Å². The van der Waals surface area contributed by atoms with E-state index < -0.39 is 5.97 Å². The van der Waals surface area contributed by atoms with Crippen LogP contribution in [0.2, 0.25) is 0 Å². The van der Waals surface area contributed by atoms with Crippen molar-refractivity contribution in [2.24, 2.45) is 30.7 Å². The van der Waals surface area contributed by atoms with Gasteiger partial charge in [0.2, 0.25) is 0 Å². The van der Waals surface area contributed by atoms with E-state index in [9.17, 15) is 9.59 Å². The summed E-state index contributed by atoms with van der Waals surface area (Å²) in [6.07, 6.45) is 2.42. The highest BCUT2D eigenvalue weighted by atomic mass is 16.5. The van der Waals surface area contributed by atoms with Gasteiger partial charge in [0.15, 0.2) is 0 Å². The van der Waals surface area contributed by atoms with E-state index in [1.54, 1.807) is 24.3 Å². The first-order valence-electron chi connectivity index (χ1n) is 16.8. The van der Waals surface area contributed by atoms with Gasteiger partial charge in [-0.15, -0.1) is 10.2 Å². The van der Waals surface area contributed by atoms with Gasteiger partial charge in [-0.25, -0.2) is 4.79 Å². The molecule has 0 unspecified atom stereocenters. The van der Waals surface area contributed by atoms with E-state index in [4.69, 9.17) is 9.47 Å². The van der Waals surface area contributed by atoms with E-state index >= 15 is 0 Å². The molecule has 0 atom stereocenters. The van der Waals surface area contributed by atoms with E-state index in [0.717, 1.165) is 47.0 Å². The molecule has 0 saturated carbocycles. The van der Waals surface area contributed by atoms with Crippen LogP contribution < -0.4 is 9.64 Å². The highest BCUT2D eigenvalue weighted by molar-refractivity contribution is 5.99. The quantitative estimate of drug-likeness (QED) is 0.0336. The Morgan fingerprint density at radius 2 is 1.10 bits per heavy atom. The molecule has 0 bridgehead atoms. The lowest BCUT2D eigenvalue weighted by Gasteiger charge is -2.20. The zero-order chi connectivity index (χ0) is 35.8. The number of rotatable bonds is 16. The molecule has 11 heteroatoms. The van der Waals surface area contributed by atoms with Gasteiger partial charge in [0.1, 0.15) is 5.75 Å². The van der Waals surface area contributed by atoms with Gasteiger partial charge in [0, 0.05) is 42.0 Å². The summed E-state index contributed by atoms with van der Waals surface area (Å²) in [6, 6.07) is 33.8. The number of hydrogen-bond acceptors (Lipinski definition) is 11. The minimum absolute atomic E-state index is 0.214. The number of ether oxygens (including phenoxy) is 2. The largest absolute Gasteiger partial charge is 0.463 e. The van der Waals surface area contributed by atoms with Crippen molar-refractivity contribution in [1.29, 1.82) is 0 Å². The summed E-state index contributed by atoms with van der Waals surface area (Å²) in [7, 11) is 0. The predicted octanol–water partition coefficient (Wildman–Crippen LogP) is 11.7. The second kappa shape index (κ2) is 18.4. The second-order valence-electron chi connectivity index (χ2n) is 11.3. The number of benzene rings is 5. The molecule has 0 saturated heterocycles. The van der Waals surface area contributed by atoms with Crippen molar-refractivity contribution in [1.82, 2.24) is 0 Å². The molecule has 5 aromatic carbocycles. The number of carbonyl (C=O) groups is 2. The van der Waals surface area contributed by atoms with Crippen LogP contribution in [0.15, 0.2) is 153 Å². The summed E-state index contributed by atoms with van der Waals surface area (Å²) >= 11 is 0. The van der Waals surface area contributed by atoms with Crippen molar-refractivity contribution in [2.45, 2.75) is 33.1 Å². The Hall–Kier alpha value is -6.36. The molecule has 5 rings (SSSR count). The van der Waals surface area contributed by atoms with Crippen LogP contribution in [0.25, 0.3) is 10.8 Å². The van der Waals surface area contributed by atoms with E-state index in [0.29, 0.717) is 35.7 Å². The third-order valence-corrected chi connectivity index (χ3v) is 7.79. The molecule has 0 aliphatic carbocycles. The maximum Gasteiger partial charge on any atom is 0.330 e. The maximum absolute atomic E-state index is 12.1. The lowest BCUT2D eigenvalue weighted by atomic mass is 10.1. The molecule has 0 fully saturated rings. The molecule has 0 aromatic heterocycles. The molecule has 258 valence electrons. The molecule has 0 N–H and O–H groups in total. The molecule has 51 heavy (non-hydrogen) atoms. The lowest BCUT2D eigenvalue weighted by molar-refractivity contribution is -0.137. The average Bonchev–Trinajstić information content (AvgIpc) is 3.17. The summed E-state index contributed by atoms with van der Waals surface area (Å²) in [5.41, 5.74) is 5.33. The number of hydrogen-bond donors (Lipinski definition) is 0. The standard InChI is InChI=1S/C40H39N7O4/c1-4-39(48)50-28-10-9-13-40(49)51-34-24-20-32(21-25-34)42-41-29-14-16-30(17-15-29)43-45-37-26-27-38(36-12-8-7-11-35(36)37)46-44-31-18-22-33(23-19-31)47(5-2)6-3/h4,7-8,11-12,14-27H,1,5-6,9-10,13,28H2,2-3H3/b42-41+,45-43+,46-44+. The molecule has 0 amide bonds. The van der Waals surface area contributed by atoms with Gasteiger partial charge in [-0.05, 0) is 112 Å². The fraction of sp³-hybridized carbons (Fsp3) is 0.200. The van der Waals surface area contributed by atoms with Crippen molar-refractivity contribution in [3.63, 3.8) is 0 Å². The number of unbranched alkanes of at least 4 members (excludes halogenated alkanes) is 1. The number of fused-ring (bicyclic) bond motifs is 1. The summed E-state index contributed by atoms with van der Waals surface area (Å²) in [4.78, 5) is 25.4. The molecule has 11 nitrogen and oxygen atoms in total. The van der Waals surface area contributed by atoms with Gasteiger partial charge in [-0.3, -0.25) is 4.79 Å². The first kappa shape index (κ1) is 35.9. The van der Waals surface area contributed by atoms with Crippen molar-refractivity contribution in [2.75, 3.05) is 24.6 Å². The predicted molar refractivity (Wildman–Crippen MR) is 200 cm³/mol. The lowest BCUT2D eigenvalue weighted by Crippen LogP contribution is -2.21. The number of anilines is 1. The van der Waals surface area contributed by atoms with Crippen LogP contribution in [-0.2, 0) is 14.3 Å². The number of nitrogens with zero attached hydrogens (tertiary/aromatic N) is 7. The average molecular weight is 682 g/mol. The number of carbonyl (C=O) groups excluding carboxylic acids is 2. The molecule has 0 spiro atoms. The highest BCUT2D eigenvalue weighted by Gasteiger charge is 2.08. The SMILES string of the molecule is C=CC(=O)OCCCCC(=O)Oc1ccc(/N=N/c2ccc(/N=N/c3ccc(/N=N/c4ccc(N(CC)CC)cc4)c4ccccc34)cc2)cc1. The van der Waals surface area contributed by atoms with Crippen LogP contribution in [-0.4, -0.2) is 31.6 Å². The Morgan fingerprint density at radius 1 is 0.627 bits per heavy atom. The molecular formula is C40H39N7O4. The molecule has 0 radical (unpaired) electrons. The van der Waals surface area contributed by atoms with Gasteiger partial charge in [0.05, 0.1) is 40.7 Å². The van der Waals surface area contributed by atoms with Gasteiger partial charge in [0.25, 0.3) is 0 Å². The molecule has 0 aliphatic heterocycles. The Labute approximate surface area is 297 Å². The number of esters is 2. The van der Waals surface area contributed by atoms with Crippen LogP contribution in [0.1, 0.15) is 33.1 Å². The van der Waals surface area contributed by atoms with Crippen molar-refractivity contribution < 1.29 is 19.1 Å². The fourth-order valence-corrected chi connectivity index (χ4v) is 5.05. The summed E-state index contributed by atoms with van der Waals surface area (Å²) in [6.45, 7) is 9.76. The maximum atomic E-state index is 12.1. The van der Waals surface area contributed by atoms with E-state index in [2.05, 4.69) is 68.1 Å². The van der Waals surface area contributed by atoms with E-state index in [-0.39, 0.29) is 19.0 Å². The topological polar surface area (TPSA) is 130 Å². The molecule has 0 aliphatic rings. The monoisotopic (exact) mass is 681 g/mol. The Balaban J connectivity index is 1.15. The first-order valence-corrected chi connectivity index (χ1v) is 16.8. The molecular weight excluding hydrogens is 642 g/mol. The minimum atomic E-state index is -0.477. The van der Waals surface area contributed by atoms with Crippen molar-refractivity contribution >= 4 is 62.5 Å². The highest BCUT2D eigenvalue weighted by Crippen LogP contribution is 2.35. The zero-order valence-corrected chi connectivity index (χ0v) is 28.7. The van der Waals surface area contributed by atoms with Crippen LogP contribution in [0.3, 0.4) is 0 Å². The summed E-state index contributed by atoms with van der Waals surface area (Å²) < 4.78 is 10.2. The molecule has 5 aromatic rings. The molecule has 0 heterocycles. The Morgan fingerprint density at radius 3 is 1.59 bits per heavy atom. The van der Waals surface area contributed by atoms with Crippen LogP contribution >= 0.6 is 0 Å². The third kappa shape index (κ3) is 10.6. The second-order valence-corrected chi connectivity index (χ2v) is 11.3. The Bertz CT molecular complexity index is 2020. The van der Waals surface area contributed by atoms with Crippen molar-refractivity contribution in [3.8, 4) is 5.75 Å². The smallest absolute Gasteiger partial charge is 0.330 e. The van der Waals surface area contributed by atoms with Crippen LogP contribution in [0.5, 0.6) is 5.75 Å². The van der Waals surface area contributed by atoms with Gasteiger partial charge in [-0.1, -0.05) is 30.8 Å². The van der Waals surface area contributed by atoms with Crippen LogP contribution in [0.4, 0.5) is 39.8 Å². The van der Waals surface area contributed by atoms with E-state index in [1.165, 1.54) is 5.69 Å². The first-order chi connectivity index (χ1) is 24.9. The van der Waals surface area contributed by atoms with Gasteiger partial charge >= 0.3 is 11.9 Å². The van der Waals surface area contributed by atoms with E-state index in [1.807, 2.05) is 72.8 Å². The third-order valence-electron chi connectivity index (χ3n) is 7.79. The Kier molecular flexibility index (Phi) is 13.0. The summed E-state index contributed by atoms with van der Waals surface area (Å²) in [5.74, 6) is -0.429. The van der Waals surface area contributed by atoms with Gasteiger partial charge < -0.3 is 14.4 Å². The summed E-state index contributed by atoms with van der Waals surface area (Å²) in [5, 5.41) is 28.4. The normalized spacial score (nSPS) is 11.4. The van der Waals surface area contributed by atoms with Gasteiger partial charge in [-0.2, -0.15) is 20.5 Å². The zero-order valence-electron chi connectivity index (χ0n) is 28.7. The number of azo groups is 3.